The van der Waals surface area contributed by atoms with Crippen LogP contribution in [0.1, 0.15) is 22.3 Å². The van der Waals surface area contributed by atoms with Gasteiger partial charge in [-0.25, -0.2) is 0 Å². The van der Waals surface area contributed by atoms with Gasteiger partial charge < -0.3 is 0 Å². The van der Waals surface area contributed by atoms with Gasteiger partial charge in [-0.1, -0.05) is 74.9 Å². The summed E-state index contributed by atoms with van der Waals surface area (Å²) in [4.78, 5) is 5.81. The summed E-state index contributed by atoms with van der Waals surface area (Å²) in [6, 6.07) is 26.9. The molecule has 4 aromatic rings. The fourth-order valence-corrected chi connectivity index (χ4v) is 11.6. The molecule has 5 heteroatoms. The molecule has 1 spiro atoms. The van der Waals surface area contributed by atoms with E-state index in [1.807, 2.05) is 47.8 Å². The maximum absolute atomic E-state index is 2.30. The van der Waals surface area contributed by atoms with Crippen LogP contribution in [-0.2, 0) is 0 Å². The molecule has 1 nitrogen and oxygen atoms in total. The van der Waals surface area contributed by atoms with E-state index in [4.69, 9.17) is 0 Å². The number of nitrogens with zero attached hydrogens (tertiary/aromatic N) is 1. The highest BCUT2D eigenvalue weighted by molar-refractivity contribution is 8.40. The average molecular weight is 443 g/mol. The lowest BCUT2D eigenvalue weighted by atomic mass is 10.0. The molecule has 0 saturated heterocycles. The molecule has 4 aliphatic rings. The maximum atomic E-state index is 2.30. The Labute approximate surface area is 185 Å². The van der Waals surface area contributed by atoms with Crippen LogP contribution in [0.25, 0.3) is 41.2 Å². The smallest absolute Gasteiger partial charge is 0.0620 e. The normalized spacial score (nSPS) is 19.9. The van der Waals surface area contributed by atoms with Crippen molar-refractivity contribution in [1.82, 2.24) is 0 Å². The second-order valence-corrected chi connectivity index (χ2v) is 13.5. The molecule has 0 radical (unpaired) electrons. The Morgan fingerprint density at radius 3 is 1.03 bits per heavy atom. The zero-order valence-corrected chi connectivity index (χ0v) is 18.3. The molecule has 0 unspecified atom stereocenters. The van der Waals surface area contributed by atoms with E-state index in [0.29, 0.717) is 0 Å². The molecule has 2 aliphatic carbocycles. The van der Waals surface area contributed by atoms with Crippen molar-refractivity contribution in [3.63, 3.8) is 0 Å². The van der Waals surface area contributed by atoms with Crippen LogP contribution in [0.15, 0.2) is 72.8 Å². The van der Waals surface area contributed by atoms with E-state index >= 15 is 0 Å². The number of fused-ring (bicyclic) bond motifs is 4. The lowest BCUT2D eigenvalue weighted by molar-refractivity contribution is -0.262. The van der Waals surface area contributed by atoms with Gasteiger partial charge in [0.15, 0.2) is 47.8 Å². The number of quaternary nitrogens is 1. The van der Waals surface area contributed by atoms with Crippen LogP contribution >= 0.6 is 47.8 Å². The van der Waals surface area contributed by atoms with Gasteiger partial charge in [0, 0.05) is 22.3 Å². The van der Waals surface area contributed by atoms with Crippen molar-refractivity contribution in [1.29, 1.82) is 0 Å². The zero-order valence-electron chi connectivity index (χ0n) is 15.0. The van der Waals surface area contributed by atoms with Crippen LogP contribution in [0.5, 0.6) is 0 Å². The molecule has 0 bridgehead atoms. The van der Waals surface area contributed by atoms with Crippen molar-refractivity contribution in [2.75, 3.05) is 0 Å². The van der Waals surface area contributed by atoms with Crippen LogP contribution in [0.3, 0.4) is 0 Å². The van der Waals surface area contributed by atoms with E-state index in [2.05, 4.69) is 72.8 Å². The minimum atomic E-state index is 0.852. The first-order valence-corrected chi connectivity index (χ1v) is 12.6. The minimum Gasteiger partial charge on any atom is -0.0620 e. The largest absolute Gasteiger partial charge is 0.154 e. The van der Waals surface area contributed by atoms with Crippen LogP contribution in [0.4, 0.5) is 0 Å². The molecule has 0 N–H and O–H groups in total. The van der Waals surface area contributed by atoms with Crippen molar-refractivity contribution in [2.24, 2.45) is 0 Å². The molecular weight excluding hydrogens is 431 g/mol. The first-order chi connectivity index (χ1) is 14.3. The fourth-order valence-electron chi connectivity index (χ4n) is 4.85. The summed E-state index contributed by atoms with van der Waals surface area (Å²) in [5, 5.41) is 5.57. The quantitative estimate of drug-likeness (QED) is 0.198. The summed E-state index contributed by atoms with van der Waals surface area (Å²) in [6.45, 7) is 0. The molecule has 136 valence electrons. The SMILES string of the molecule is c1cc2c3c(cccc3c1)C1=C2S[N+]2(S1)SC1=C(S2)c2cccc3cccc1c23. The van der Waals surface area contributed by atoms with Crippen LogP contribution in [0, 0.1) is 0 Å². The van der Waals surface area contributed by atoms with Gasteiger partial charge in [0.05, 0.1) is 19.6 Å². The van der Waals surface area contributed by atoms with Crippen LogP contribution in [-0.4, -0.2) is 2.10 Å². The average Bonchev–Trinajstić information content (AvgIpc) is 3.46. The molecule has 0 atom stereocenters. The fraction of sp³-hybridized carbons (Fsp3) is 0. The van der Waals surface area contributed by atoms with E-state index in [1.54, 1.807) is 0 Å². The maximum Gasteiger partial charge on any atom is 0.154 e. The molecule has 0 fully saturated rings. The number of benzene rings is 4. The van der Waals surface area contributed by atoms with Gasteiger partial charge in [-0.05, 0) is 21.5 Å². The third kappa shape index (κ3) is 1.89. The van der Waals surface area contributed by atoms with E-state index in [1.165, 1.54) is 63.4 Å². The van der Waals surface area contributed by atoms with Gasteiger partial charge in [0.2, 0.25) is 0 Å². The Bertz CT molecular complexity index is 1290. The summed E-state index contributed by atoms with van der Waals surface area (Å²) in [6.07, 6.45) is 0. The number of hydrogen-bond acceptors (Lipinski definition) is 4. The molecule has 2 heterocycles. The predicted octanol–water partition coefficient (Wildman–Crippen LogP) is 8.41. The Morgan fingerprint density at radius 1 is 0.414 bits per heavy atom. The Balaban J connectivity index is 1.24. The van der Waals surface area contributed by atoms with Gasteiger partial charge >= 0.3 is 0 Å². The molecule has 8 rings (SSSR count). The molecule has 0 saturated carbocycles. The molecule has 2 aliphatic heterocycles. The Kier molecular flexibility index (Phi) is 2.92. The van der Waals surface area contributed by atoms with E-state index in [0.717, 1.165) is 2.10 Å². The van der Waals surface area contributed by atoms with Crippen LogP contribution in [0.2, 0.25) is 0 Å². The predicted molar refractivity (Wildman–Crippen MR) is 132 cm³/mol. The second kappa shape index (κ2) is 5.29. The van der Waals surface area contributed by atoms with Gasteiger partial charge in [0.1, 0.15) is 0 Å². The van der Waals surface area contributed by atoms with Crippen molar-refractivity contribution >= 4 is 89.0 Å². The van der Waals surface area contributed by atoms with E-state index in [9.17, 15) is 0 Å². The molecule has 0 aromatic heterocycles. The monoisotopic (exact) mass is 442 g/mol. The number of rotatable bonds is 0. The summed E-state index contributed by atoms with van der Waals surface area (Å²) < 4.78 is 0.852. The highest BCUT2D eigenvalue weighted by Gasteiger charge is 2.57. The third-order valence-electron chi connectivity index (χ3n) is 6.01. The molecule has 0 amide bonds. The zero-order chi connectivity index (χ0) is 18.7. The Hall–Kier alpha value is -1.76. The third-order valence-corrected chi connectivity index (χ3v) is 12.3. The van der Waals surface area contributed by atoms with Crippen molar-refractivity contribution in [3.8, 4) is 0 Å². The van der Waals surface area contributed by atoms with Crippen molar-refractivity contribution in [2.45, 2.75) is 0 Å². The topological polar surface area (TPSA) is 0 Å². The van der Waals surface area contributed by atoms with Gasteiger partial charge in [0.25, 0.3) is 0 Å². The minimum absolute atomic E-state index is 0.852. The molecular formula is C24H12NS4+. The summed E-state index contributed by atoms with van der Waals surface area (Å²) >= 11 is 8.02. The van der Waals surface area contributed by atoms with E-state index < -0.39 is 0 Å². The van der Waals surface area contributed by atoms with E-state index in [-0.39, 0.29) is 0 Å². The van der Waals surface area contributed by atoms with Crippen molar-refractivity contribution < 1.29 is 2.10 Å². The highest BCUT2D eigenvalue weighted by Crippen LogP contribution is 2.78. The van der Waals surface area contributed by atoms with Crippen molar-refractivity contribution in [3.05, 3.63) is 95.1 Å². The lowest BCUT2D eigenvalue weighted by Gasteiger charge is -2.21. The van der Waals surface area contributed by atoms with Gasteiger partial charge in [-0.15, -0.1) is 0 Å². The second-order valence-electron chi connectivity index (χ2n) is 7.55. The van der Waals surface area contributed by atoms with Gasteiger partial charge in [-0.2, -0.15) is 0 Å². The molecule has 29 heavy (non-hydrogen) atoms. The Morgan fingerprint density at radius 2 is 0.724 bits per heavy atom. The summed E-state index contributed by atoms with van der Waals surface area (Å²) in [7, 11) is 0. The standard InChI is InChI=1S/C24H12NS4/c1-5-13-6-2-10-16-19(13)15(9-1)21-22(16)27-25(26-21)28-23-17-11-3-7-14-8-4-12-18(20(14)17)24(23)29-25/h1-12H/q+1. The summed E-state index contributed by atoms with van der Waals surface area (Å²) in [5.41, 5.74) is 5.65. The molecule has 4 aromatic carbocycles. The number of hydrogen-bond donors (Lipinski definition) is 0. The first kappa shape index (κ1) is 16.0. The van der Waals surface area contributed by atoms with Crippen LogP contribution < -0.4 is 0 Å². The first-order valence-electron chi connectivity index (χ1n) is 9.52. The highest BCUT2D eigenvalue weighted by atomic mass is 32.3. The summed E-state index contributed by atoms with van der Waals surface area (Å²) in [5.74, 6) is 0. The van der Waals surface area contributed by atoms with Gasteiger partial charge in [-0.3, -0.25) is 0 Å². The lowest BCUT2D eigenvalue weighted by Crippen LogP contribution is -2.09.